The van der Waals surface area contributed by atoms with E-state index in [2.05, 4.69) is 10.1 Å². The van der Waals surface area contributed by atoms with Crippen molar-refractivity contribution in [1.29, 1.82) is 0 Å². The van der Waals surface area contributed by atoms with Crippen LogP contribution in [0.1, 0.15) is 42.5 Å². The van der Waals surface area contributed by atoms with E-state index in [0.717, 1.165) is 0 Å². The lowest BCUT2D eigenvalue weighted by Crippen LogP contribution is -2.36. The van der Waals surface area contributed by atoms with Crippen molar-refractivity contribution < 1.29 is 9.90 Å². The molecule has 1 N–H and O–H groups in total. The van der Waals surface area contributed by atoms with Gasteiger partial charge in [-0.3, -0.25) is 4.79 Å². The Balaban J connectivity index is 2.73. The fourth-order valence-corrected chi connectivity index (χ4v) is 2.23. The summed E-state index contributed by atoms with van der Waals surface area (Å²) in [5.74, 6) is -0.969. The topological polar surface area (TPSA) is 90.0 Å². The summed E-state index contributed by atoms with van der Waals surface area (Å²) >= 11 is 0. The standard InChI is InChI=1S/C14H18N4O3/c1-8-10(13(20)21)9(2)18(16-8)11-12(19)17(7-6-15-11)14(3,4)5/h6-7H,1-5H3,(H,20,21). The fraction of sp³-hybridized carbons (Fsp3) is 0.429. The van der Waals surface area contributed by atoms with Crippen LogP contribution in [0.25, 0.3) is 5.82 Å². The Hall–Kier alpha value is -2.44. The van der Waals surface area contributed by atoms with Crippen LogP contribution in [-0.2, 0) is 5.54 Å². The molecule has 2 aromatic rings. The molecule has 112 valence electrons. The third kappa shape index (κ3) is 2.46. The van der Waals surface area contributed by atoms with Crippen molar-refractivity contribution in [2.45, 2.75) is 40.2 Å². The number of carbonyl (C=O) groups is 1. The van der Waals surface area contributed by atoms with Gasteiger partial charge in [0.1, 0.15) is 5.56 Å². The zero-order valence-electron chi connectivity index (χ0n) is 12.7. The normalized spacial score (nSPS) is 11.7. The zero-order chi connectivity index (χ0) is 15.9. The maximum absolute atomic E-state index is 12.6. The van der Waals surface area contributed by atoms with Crippen LogP contribution in [0.3, 0.4) is 0 Å². The molecule has 0 spiro atoms. The van der Waals surface area contributed by atoms with Crippen LogP contribution < -0.4 is 5.56 Å². The van der Waals surface area contributed by atoms with E-state index in [0.29, 0.717) is 11.4 Å². The molecule has 0 fully saturated rings. The van der Waals surface area contributed by atoms with Crippen LogP contribution in [0, 0.1) is 13.8 Å². The van der Waals surface area contributed by atoms with E-state index in [1.807, 2.05) is 20.8 Å². The Morgan fingerprint density at radius 2 is 1.90 bits per heavy atom. The Kier molecular flexibility index (Phi) is 3.44. The highest BCUT2D eigenvalue weighted by Gasteiger charge is 2.23. The third-order valence-corrected chi connectivity index (χ3v) is 3.25. The van der Waals surface area contributed by atoms with Gasteiger partial charge >= 0.3 is 5.97 Å². The second-order valence-electron chi connectivity index (χ2n) is 5.86. The second kappa shape index (κ2) is 4.83. The molecule has 0 aliphatic carbocycles. The third-order valence-electron chi connectivity index (χ3n) is 3.25. The molecular formula is C14H18N4O3. The summed E-state index contributed by atoms with van der Waals surface area (Å²) in [4.78, 5) is 27.9. The van der Waals surface area contributed by atoms with Gasteiger partial charge in [-0.25, -0.2) is 14.5 Å². The van der Waals surface area contributed by atoms with Gasteiger partial charge < -0.3 is 9.67 Å². The quantitative estimate of drug-likeness (QED) is 0.905. The van der Waals surface area contributed by atoms with Crippen molar-refractivity contribution in [2.24, 2.45) is 0 Å². The van der Waals surface area contributed by atoms with Gasteiger partial charge in [-0.15, -0.1) is 0 Å². The van der Waals surface area contributed by atoms with E-state index in [4.69, 9.17) is 0 Å². The Labute approximate surface area is 121 Å². The number of nitrogens with zero attached hydrogens (tertiary/aromatic N) is 4. The van der Waals surface area contributed by atoms with Crippen LogP contribution >= 0.6 is 0 Å². The highest BCUT2D eigenvalue weighted by molar-refractivity contribution is 5.90. The van der Waals surface area contributed by atoms with Crippen molar-refractivity contribution in [1.82, 2.24) is 19.3 Å². The average Bonchev–Trinajstić information content (AvgIpc) is 2.63. The van der Waals surface area contributed by atoms with Gasteiger partial charge in [-0.1, -0.05) is 0 Å². The van der Waals surface area contributed by atoms with E-state index in [9.17, 15) is 14.7 Å². The van der Waals surface area contributed by atoms with Gasteiger partial charge in [0.05, 0.1) is 11.4 Å². The Bertz CT molecular complexity index is 766. The highest BCUT2D eigenvalue weighted by atomic mass is 16.4. The lowest BCUT2D eigenvalue weighted by atomic mass is 10.1. The second-order valence-corrected chi connectivity index (χ2v) is 5.86. The number of aryl methyl sites for hydroxylation is 1. The molecule has 7 nitrogen and oxygen atoms in total. The summed E-state index contributed by atoms with van der Waals surface area (Å²) in [6.07, 6.45) is 3.12. The van der Waals surface area contributed by atoms with Crippen molar-refractivity contribution >= 4 is 5.97 Å². The highest BCUT2D eigenvalue weighted by Crippen LogP contribution is 2.16. The summed E-state index contributed by atoms with van der Waals surface area (Å²) in [5.41, 5.74) is 0.124. The molecule has 2 rings (SSSR count). The Morgan fingerprint density at radius 3 is 2.38 bits per heavy atom. The molecule has 0 unspecified atom stereocenters. The predicted octanol–water partition coefficient (Wildman–Crippen LogP) is 1.50. The molecule has 0 amide bonds. The van der Waals surface area contributed by atoms with E-state index >= 15 is 0 Å². The Morgan fingerprint density at radius 1 is 1.29 bits per heavy atom. The largest absolute Gasteiger partial charge is 0.478 e. The molecule has 0 atom stereocenters. The number of carboxylic acid groups (broad SMARTS) is 1. The molecule has 0 bridgehead atoms. The maximum atomic E-state index is 12.6. The molecule has 0 saturated heterocycles. The van der Waals surface area contributed by atoms with Crippen LogP contribution in [0.15, 0.2) is 17.2 Å². The van der Waals surface area contributed by atoms with Gasteiger partial charge in [0.25, 0.3) is 5.56 Å². The minimum absolute atomic E-state index is 0.0977. The summed E-state index contributed by atoms with van der Waals surface area (Å²) in [6.45, 7) is 8.92. The number of carboxylic acids is 1. The SMILES string of the molecule is Cc1nn(-c2nccn(C(C)(C)C)c2=O)c(C)c1C(=O)O. The molecule has 2 aromatic heterocycles. The molecule has 21 heavy (non-hydrogen) atoms. The zero-order valence-corrected chi connectivity index (χ0v) is 12.7. The van der Waals surface area contributed by atoms with Crippen molar-refractivity contribution in [3.05, 3.63) is 39.7 Å². The minimum atomic E-state index is -1.07. The number of rotatable bonds is 2. The molecule has 0 aliphatic rings. The lowest BCUT2D eigenvalue weighted by molar-refractivity contribution is 0.0695. The molecule has 0 aliphatic heterocycles. The molecule has 7 heteroatoms. The summed E-state index contributed by atoms with van der Waals surface area (Å²) in [5, 5.41) is 13.3. The molecule has 2 heterocycles. The van der Waals surface area contributed by atoms with Crippen molar-refractivity contribution in [3.8, 4) is 5.82 Å². The van der Waals surface area contributed by atoms with Gasteiger partial charge in [0.15, 0.2) is 0 Å². The van der Waals surface area contributed by atoms with Gasteiger partial charge in [0, 0.05) is 17.9 Å². The van der Waals surface area contributed by atoms with Crippen LogP contribution in [0.4, 0.5) is 0 Å². The van der Waals surface area contributed by atoms with Crippen molar-refractivity contribution in [3.63, 3.8) is 0 Å². The van der Waals surface area contributed by atoms with Gasteiger partial charge in [0.2, 0.25) is 5.82 Å². The van der Waals surface area contributed by atoms with Gasteiger partial charge in [-0.05, 0) is 34.6 Å². The molecule has 0 aromatic carbocycles. The van der Waals surface area contributed by atoms with E-state index in [-0.39, 0.29) is 16.9 Å². The number of aromatic carboxylic acids is 1. The monoisotopic (exact) mass is 290 g/mol. The van der Waals surface area contributed by atoms with Crippen LogP contribution in [0.2, 0.25) is 0 Å². The van der Waals surface area contributed by atoms with Crippen LogP contribution in [-0.4, -0.2) is 30.4 Å². The first-order valence-electron chi connectivity index (χ1n) is 6.52. The van der Waals surface area contributed by atoms with Crippen LogP contribution in [0.5, 0.6) is 0 Å². The fourth-order valence-electron chi connectivity index (χ4n) is 2.23. The summed E-state index contributed by atoms with van der Waals surface area (Å²) < 4.78 is 2.84. The summed E-state index contributed by atoms with van der Waals surface area (Å²) in [6, 6.07) is 0. The average molecular weight is 290 g/mol. The molecule has 0 radical (unpaired) electrons. The first-order valence-corrected chi connectivity index (χ1v) is 6.52. The van der Waals surface area contributed by atoms with E-state index in [1.54, 1.807) is 24.6 Å². The molecular weight excluding hydrogens is 272 g/mol. The lowest BCUT2D eigenvalue weighted by Gasteiger charge is -2.22. The smallest absolute Gasteiger partial charge is 0.339 e. The first kappa shape index (κ1) is 15.0. The maximum Gasteiger partial charge on any atom is 0.339 e. The number of aromatic nitrogens is 4. The molecule has 0 saturated carbocycles. The van der Waals surface area contributed by atoms with E-state index < -0.39 is 11.5 Å². The predicted molar refractivity (Wildman–Crippen MR) is 77.0 cm³/mol. The number of hydrogen-bond acceptors (Lipinski definition) is 4. The number of hydrogen-bond donors (Lipinski definition) is 1. The minimum Gasteiger partial charge on any atom is -0.478 e. The van der Waals surface area contributed by atoms with Crippen molar-refractivity contribution in [2.75, 3.05) is 0 Å². The van der Waals surface area contributed by atoms with Gasteiger partial charge in [-0.2, -0.15) is 5.10 Å². The summed E-state index contributed by atoms with van der Waals surface area (Å²) in [7, 11) is 0. The first-order chi connectivity index (χ1) is 9.64. The van der Waals surface area contributed by atoms with E-state index in [1.165, 1.54) is 10.9 Å².